The molecule has 0 aliphatic carbocycles. The quantitative estimate of drug-likeness (QED) is 0.720. The Morgan fingerprint density at radius 2 is 1.67 bits per heavy atom. The van der Waals surface area contributed by atoms with E-state index in [0.29, 0.717) is 0 Å². The second kappa shape index (κ2) is 5.49. The average molecular weight is 226 g/mol. The van der Waals surface area contributed by atoms with Crippen molar-refractivity contribution in [3.8, 4) is 0 Å². The molecule has 0 heterocycles. The summed E-state index contributed by atoms with van der Waals surface area (Å²) in [6.07, 6.45) is -4.83. The number of alkyl halides is 3. The third kappa shape index (κ3) is 5.16. The summed E-state index contributed by atoms with van der Waals surface area (Å²) < 4.78 is 42.3. The maximum Gasteiger partial charge on any atom is 0.400 e. The van der Waals surface area contributed by atoms with E-state index >= 15 is 0 Å². The second-order valence-electron chi connectivity index (χ2n) is 4.03. The molecule has 0 saturated heterocycles. The van der Waals surface area contributed by atoms with Gasteiger partial charge in [0.25, 0.3) is 0 Å². The lowest BCUT2D eigenvalue weighted by atomic mass is 9.95. The number of ether oxygens (including phenoxy) is 1. The Morgan fingerprint density at radius 1 is 1.20 bits per heavy atom. The van der Waals surface area contributed by atoms with Crippen LogP contribution in [0.1, 0.15) is 27.7 Å². The molecule has 0 aromatic heterocycles. The molecule has 0 aliphatic rings. The number of carbonyl (C=O) groups is 1. The standard InChI is InChI=1S/C10H17F3O2/c1-6(2)9(14)8(10(11,12)13)5-15-7(3)4/h6-8H,5H2,1-4H3. The van der Waals surface area contributed by atoms with Crippen molar-refractivity contribution in [2.24, 2.45) is 11.8 Å². The van der Waals surface area contributed by atoms with Crippen LogP contribution in [0.3, 0.4) is 0 Å². The van der Waals surface area contributed by atoms with Gasteiger partial charge >= 0.3 is 6.18 Å². The molecule has 0 amide bonds. The molecule has 0 rings (SSSR count). The van der Waals surface area contributed by atoms with E-state index in [0.717, 1.165) is 0 Å². The van der Waals surface area contributed by atoms with Gasteiger partial charge in [0.1, 0.15) is 11.7 Å². The lowest BCUT2D eigenvalue weighted by Gasteiger charge is -2.21. The van der Waals surface area contributed by atoms with Gasteiger partial charge in [-0.15, -0.1) is 0 Å². The summed E-state index contributed by atoms with van der Waals surface area (Å²) in [6, 6.07) is 0. The Bertz CT molecular complexity index is 209. The van der Waals surface area contributed by atoms with Gasteiger partial charge in [0.15, 0.2) is 0 Å². The first-order chi connectivity index (χ1) is 6.66. The summed E-state index contributed by atoms with van der Waals surface area (Å²) in [5.41, 5.74) is 0. The van der Waals surface area contributed by atoms with Crippen molar-refractivity contribution in [2.45, 2.75) is 40.0 Å². The normalized spacial score (nSPS) is 14.7. The van der Waals surface area contributed by atoms with Crippen molar-refractivity contribution in [1.29, 1.82) is 0 Å². The van der Waals surface area contributed by atoms with Crippen LogP contribution in [0.4, 0.5) is 13.2 Å². The molecule has 2 nitrogen and oxygen atoms in total. The Hall–Kier alpha value is -0.580. The number of carbonyl (C=O) groups excluding carboxylic acids is 1. The molecule has 0 N–H and O–H groups in total. The highest BCUT2D eigenvalue weighted by atomic mass is 19.4. The van der Waals surface area contributed by atoms with Gasteiger partial charge in [0.05, 0.1) is 12.7 Å². The van der Waals surface area contributed by atoms with Crippen LogP contribution < -0.4 is 0 Å². The molecule has 1 unspecified atom stereocenters. The highest BCUT2D eigenvalue weighted by molar-refractivity contribution is 5.83. The zero-order chi connectivity index (χ0) is 12.2. The van der Waals surface area contributed by atoms with E-state index in [1.54, 1.807) is 13.8 Å². The second-order valence-corrected chi connectivity index (χ2v) is 4.03. The lowest BCUT2D eigenvalue weighted by molar-refractivity contribution is -0.195. The summed E-state index contributed by atoms with van der Waals surface area (Å²) in [5.74, 6) is -3.45. The van der Waals surface area contributed by atoms with E-state index in [-0.39, 0.29) is 6.10 Å². The molecule has 0 bridgehead atoms. The van der Waals surface area contributed by atoms with Gasteiger partial charge in [-0.05, 0) is 13.8 Å². The minimum atomic E-state index is -4.52. The van der Waals surface area contributed by atoms with Crippen molar-refractivity contribution in [2.75, 3.05) is 6.61 Å². The number of hydrogen-bond donors (Lipinski definition) is 0. The van der Waals surface area contributed by atoms with Gasteiger partial charge < -0.3 is 4.74 Å². The molecule has 0 aromatic carbocycles. The van der Waals surface area contributed by atoms with Crippen LogP contribution in [-0.4, -0.2) is 24.7 Å². The SMILES string of the molecule is CC(C)OCC(C(=O)C(C)C)C(F)(F)F. The van der Waals surface area contributed by atoms with Gasteiger partial charge in [0, 0.05) is 5.92 Å². The Balaban J connectivity index is 4.53. The predicted octanol–water partition coefficient (Wildman–Crippen LogP) is 2.82. The molecule has 90 valence electrons. The number of ketones is 1. The van der Waals surface area contributed by atoms with Crippen molar-refractivity contribution < 1.29 is 22.7 Å². The molecule has 0 fully saturated rings. The molecule has 0 spiro atoms. The fourth-order valence-electron chi connectivity index (χ4n) is 1.03. The summed E-state index contributed by atoms with van der Waals surface area (Å²) in [7, 11) is 0. The van der Waals surface area contributed by atoms with E-state index in [2.05, 4.69) is 0 Å². The van der Waals surface area contributed by atoms with Crippen molar-refractivity contribution in [3.63, 3.8) is 0 Å². The van der Waals surface area contributed by atoms with Crippen LogP contribution in [0, 0.1) is 11.8 Å². The van der Waals surface area contributed by atoms with Gasteiger partial charge in [0.2, 0.25) is 0 Å². The van der Waals surface area contributed by atoms with E-state index in [1.807, 2.05) is 0 Å². The van der Waals surface area contributed by atoms with Crippen LogP contribution in [0.15, 0.2) is 0 Å². The first-order valence-electron chi connectivity index (χ1n) is 4.88. The smallest absolute Gasteiger partial charge is 0.378 e. The van der Waals surface area contributed by atoms with Gasteiger partial charge in [-0.2, -0.15) is 13.2 Å². The zero-order valence-corrected chi connectivity index (χ0v) is 9.39. The summed E-state index contributed by atoms with van der Waals surface area (Å²) in [6.45, 7) is 5.59. The number of rotatable bonds is 5. The maximum absolute atomic E-state index is 12.5. The molecule has 5 heteroatoms. The van der Waals surface area contributed by atoms with E-state index in [1.165, 1.54) is 13.8 Å². The van der Waals surface area contributed by atoms with Gasteiger partial charge in [-0.1, -0.05) is 13.8 Å². The molecular weight excluding hydrogens is 209 g/mol. The van der Waals surface area contributed by atoms with Crippen molar-refractivity contribution >= 4 is 5.78 Å². The topological polar surface area (TPSA) is 26.3 Å². The van der Waals surface area contributed by atoms with Gasteiger partial charge in [-0.3, -0.25) is 4.79 Å². The molecule has 0 saturated carbocycles. The molecule has 0 aromatic rings. The minimum Gasteiger partial charge on any atom is -0.378 e. The van der Waals surface area contributed by atoms with E-state index in [4.69, 9.17) is 4.74 Å². The first kappa shape index (κ1) is 14.4. The average Bonchev–Trinajstić information content (AvgIpc) is 2.00. The number of hydrogen-bond acceptors (Lipinski definition) is 2. The van der Waals surface area contributed by atoms with Crippen molar-refractivity contribution in [1.82, 2.24) is 0 Å². The number of halogens is 3. The van der Waals surface area contributed by atoms with Crippen LogP contribution in [0.5, 0.6) is 0 Å². The Kier molecular flexibility index (Phi) is 5.28. The zero-order valence-electron chi connectivity index (χ0n) is 9.39. The minimum absolute atomic E-state index is 0.310. The Labute approximate surface area is 87.8 Å². The molecule has 0 radical (unpaired) electrons. The molecular formula is C10H17F3O2. The van der Waals surface area contributed by atoms with Crippen LogP contribution in [0.2, 0.25) is 0 Å². The fourth-order valence-corrected chi connectivity index (χ4v) is 1.03. The van der Waals surface area contributed by atoms with Crippen LogP contribution in [-0.2, 0) is 9.53 Å². The summed E-state index contributed by atoms with van der Waals surface area (Å²) >= 11 is 0. The van der Waals surface area contributed by atoms with Crippen LogP contribution >= 0.6 is 0 Å². The molecule has 15 heavy (non-hydrogen) atoms. The largest absolute Gasteiger partial charge is 0.400 e. The number of Topliss-reactive ketones (excluding diaryl/α,β-unsaturated/α-hetero) is 1. The predicted molar refractivity (Wildman–Crippen MR) is 50.5 cm³/mol. The molecule has 0 aliphatic heterocycles. The van der Waals surface area contributed by atoms with Crippen LogP contribution in [0.25, 0.3) is 0 Å². The van der Waals surface area contributed by atoms with E-state index < -0.39 is 30.4 Å². The first-order valence-corrected chi connectivity index (χ1v) is 4.88. The fraction of sp³-hybridized carbons (Fsp3) is 0.900. The highest BCUT2D eigenvalue weighted by Gasteiger charge is 2.45. The summed E-state index contributed by atoms with van der Waals surface area (Å²) in [5, 5.41) is 0. The third-order valence-electron chi connectivity index (χ3n) is 1.90. The maximum atomic E-state index is 12.5. The monoisotopic (exact) mass is 226 g/mol. The van der Waals surface area contributed by atoms with Crippen molar-refractivity contribution in [3.05, 3.63) is 0 Å². The highest BCUT2D eigenvalue weighted by Crippen LogP contribution is 2.29. The summed E-state index contributed by atoms with van der Waals surface area (Å²) in [4.78, 5) is 11.3. The van der Waals surface area contributed by atoms with E-state index in [9.17, 15) is 18.0 Å². The third-order valence-corrected chi connectivity index (χ3v) is 1.90. The lowest BCUT2D eigenvalue weighted by Crippen LogP contribution is -2.37. The van der Waals surface area contributed by atoms with Gasteiger partial charge in [-0.25, -0.2) is 0 Å². The Morgan fingerprint density at radius 3 is 1.93 bits per heavy atom. The molecule has 1 atom stereocenters.